The Morgan fingerprint density at radius 2 is 1.82 bits per heavy atom. The van der Waals surface area contributed by atoms with Gasteiger partial charge in [-0.2, -0.15) is 0 Å². The Bertz CT molecular complexity index is 917. The summed E-state index contributed by atoms with van der Waals surface area (Å²) in [5.74, 6) is -1.28. The number of carbonyl (C=O) groups is 3. The predicted octanol–water partition coefficient (Wildman–Crippen LogP) is 3.01. The number of hydrogen-bond acceptors (Lipinski definition) is 5. The summed E-state index contributed by atoms with van der Waals surface area (Å²) in [5, 5.41) is 0. The summed E-state index contributed by atoms with van der Waals surface area (Å²) < 4.78 is 9.72. The molecule has 1 atom stereocenters. The van der Waals surface area contributed by atoms with E-state index in [-0.39, 0.29) is 18.6 Å². The van der Waals surface area contributed by atoms with Crippen molar-refractivity contribution in [3.63, 3.8) is 0 Å². The molecule has 28 heavy (non-hydrogen) atoms. The predicted molar refractivity (Wildman–Crippen MR) is 105 cm³/mol. The van der Waals surface area contributed by atoms with Crippen LogP contribution in [0.1, 0.15) is 28.4 Å². The number of methoxy groups -OCH3 is 1. The fraction of sp³-hybridized carbons (Fsp3) is 0.227. The summed E-state index contributed by atoms with van der Waals surface area (Å²) in [6.45, 7) is 1.65. The second kappa shape index (κ2) is 8.52. The van der Waals surface area contributed by atoms with E-state index in [9.17, 15) is 14.4 Å². The third-order valence-electron chi connectivity index (χ3n) is 4.56. The highest BCUT2D eigenvalue weighted by molar-refractivity contribution is 5.98. The highest BCUT2D eigenvalue weighted by Gasteiger charge is 2.30. The molecule has 6 heteroatoms. The van der Waals surface area contributed by atoms with E-state index in [1.54, 1.807) is 35.2 Å². The van der Waals surface area contributed by atoms with Crippen LogP contribution >= 0.6 is 0 Å². The Kier molecular flexibility index (Phi) is 5.89. The minimum Gasteiger partial charge on any atom is -0.465 e. The van der Waals surface area contributed by atoms with Gasteiger partial charge in [0, 0.05) is 17.8 Å². The molecule has 0 unspecified atom stereocenters. The zero-order valence-corrected chi connectivity index (χ0v) is 15.8. The molecule has 0 N–H and O–H groups in total. The summed E-state index contributed by atoms with van der Waals surface area (Å²) in [4.78, 5) is 37.5. The fourth-order valence-electron chi connectivity index (χ4n) is 3.21. The van der Waals surface area contributed by atoms with Gasteiger partial charge in [-0.25, -0.2) is 9.59 Å². The molecule has 144 valence electrons. The third-order valence-corrected chi connectivity index (χ3v) is 4.56. The Morgan fingerprint density at radius 1 is 1.11 bits per heavy atom. The maximum absolute atomic E-state index is 12.5. The highest BCUT2D eigenvalue weighted by atomic mass is 16.5. The summed E-state index contributed by atoms with van der Waals surface area (Å²) >= 11 is 0. The van der Waals surface area contributed by atoms with Crippen LogP contribution in [0.25, 0.3) is 6.08 Å². The van der Waals surface area contributed by atoms with Gasteiger partial charge in [0.15, 0.2) is 6.61 Å². The first-order chi connectivity index (χ1) is 13.5. The van der Waals surface area contributed by atoms with Crippen LogP contribution in [0.5, 0.6) is 0 Å². The second-order valence-corrected chi connectivity index (χ2v) is 6.50. The van der Waals surface area contributed by atoms with E-state index in [1.165, 1.54) is 13.2 Å². The number of benzene rings is 2. The van der Waals surface area contributed by atoms with Crippen molar-refractivity contribution in [2.75, 3.05) is 18.6 Å². The van der Waals surface area contributed by atoms with Gasteiger partial charge in [0.25, 0.3) is 5.91 Å². The summed E-state index contributed by atoms with van der Waals surface area (Å²) in [5.41, 5.74) is 3.13. The number of ether oxygens (including phenoxy) is 2. The minimum absolute atomic E-state index is 0.0347. The molecule has 0 radical (unpaired) electrons. The zero-order chi connectivity index (χ0) is 20.1. The van der Waals surface area contributed by atoms with Crippen molar-refractivity contribution >= 4 is 29.6 Å². The third kappa shape index (κ3) is 4.28. The molecule has 2 aromatic rings. The first-order valence-electron chi connectivity index (χ1n) is 8.93. The molecule has 2 aromatic carbocycles. The lowest BCUT2D eigenvalue weighted by atomic mass is 10.1. The fourth-order valence-corrected chi connectivity index (χ4v) is 3.21. The van der Waals surface area contributed by atoms with Crippen molar-refractivity contribution in [2.24, 2.45) is 0 Å². The van der Waals surface area contributed by atoms with Crippen molar-refractivity contribution < 1.29 is 23.9 Å². The quantitative estimate of drug-likeness (QED) is 0.590. The average molecular weight is 379 g/mol. The Hall–Kier alpha value is -3.41. The average Bonchev–Trinajstić information content (AvgIpc) is 3.06. The summed E-state index contributed by atoms with van der Waals surface area (Å²) in [7, 11) is 1.31. The number of fused-ring (bicyclic) bond motifs is 1. The van der Waals surface area contributed by atoms with Crippen LogP contribution in [-0.4, -0.2) is 37.6 Å². The monoisotopic (exact) mass is 379 g/mol. The van der Waals surface area contributed by atoms with E-state index < -0.39 is 11.9 Å². The van der Waals surface area contributed by atoms with Crippen LogP contribution in [0.4, 0.5) is 5.69 Å². The first-order valence-corrected chi connectivity index (χ1v) is 8.93. The van der Waals surface area contributed by atoms with E-state index in [2.05, 4.69) is 4.74 Å². The van der Waals surface area contributed by atoms with Gasteiger partial charge in [-0.3, -0.25) is 4.79 Å². The van der Waals surface area contributed by atoms with Gasteiger partial charge in [0.1, 0.15) is 0 Å². The van der Waals surface area contributed by atoms with Crippen LogP contribution in [0.2, 0.25) is 0 Å². The van der Waals surface area contributed by atoms with Crippen LogP contribution < -0.4 is 4.90 Å². The normalized spacial score (nSPS) is 15.4. The number of amides is 1. The molecule has 1 aliphatic rings. The molecule has 0 aromatic heterocycles. The molecular weight excluding hydrogens is 358 g/mol. The number of hydrogen-bond donors (Lipinski definition) is 0. The smallest absolute Gasteiger partial charge is 0.337 e. The lowest BCUT2D eigenvalue weighted by Gasteiger charge is -2.22. The van der Waals surface area contributed by atoms with E-state index in [1.807, 2.05) is 31.2 Å². The Balaban J connectivity index is 1.55. The highest BCUT2D eigenvalue weighted by Crippen LogP contribution is 2.31. The van der Waals surface area contributed by atoms with Gasteiger partial charge in [-0.05, 0) is 48.7 Å². The van der Waals surface area contributed by atoms with Crippen molar-refractivity contribution in [1.82, 2.24) is 0 Å². The van der Waals surface area contributed by atoms with Crippen molar-refractivity contribution in [3.8, 4) is 0 Å². The molecule has 0 fully saturated rings. The molecule has 0 saturated carbocycles. The van der Waals surface area contributed by atoms with Gasteiger partial charge in [-0.1, -0.05) is 30.3 Å². The number of carbonyl (C=O) groups excluding carboxylic acids is 3. The van der Waals surface area contributed by atoms with E-state index in [0.717, 1.165) is 23.2 Å². The molecule has 1 aliphatic heterocycles. The molecular formula is C22H21NO5. The lowest BCUT2D eigenvalue weighted by Crippen LogP contribution is -2.38. The Morgan fingerprint density at radius 3 is 2.54 bits per heavy atom. The van der Waals surface area contributed by atoms with Crippen LogP contribution in [0, 0.1) is 0 Å². The number of nitrogens with zero attached hydrogens (tertiary/aromatic N) is 1. The molecule has 1 amide bonds. The second-order valence-electron chi connectivity index (χ2n) is 6.50. The minimum atomic E-state index is -0.606. The number of anilines is 1. The van der Waals surface area contributed by atoms with E-state index in [0.29, 0.717) is 5.56 Å². The number of esters is 2. The van der Waals surface area contributed by atoms with Crippen molar-refractivity contribution in [3.05, 3.63) is 71.3 Å². The largest absolute Gasteiger partial charge is 0.465 e. The summed E-state index contributed by atoms with van der Waals surface area (Å²) in [6, 6.07) is 14.3. The molecule has 3 rings (SSSR count). The summed E-state index contributed by atoms with van der Waals surface area (Å²) in [6.07, 6.45) is 3.60. The number of rotatable bonds is 5. The van der Waals surface area contributed by atoms with Gasteiger partial charge in [-0.15, -0.1) is 0 Å². The molecule has 0 bridgehead atoms. The number of para-hydroxylation sites is 1. The molecule has 0 spiro atoms. The van der Waals surface area contributed by atoms with Crippen molar-refractivity contribution in [1.29, 1.82) is 0 Å². The van der Waals surface area contributed by atoms with Crippen LogP contribution in [0.15, 0.2) is 54.6 Å². The van der Waals surface area contributed by atoms with E-state index >= 15 is 0 Å². The zero-order valence-electron chi connectivity index (χ0n) is 15.8. The molecule has 0 saturated heterocycles. The molecule has 6 nitrogen and oxygen atoms in total. The van der Waals surface area contributed by atoms with E-state index in [4.69, 9.17) is 4.74 Å². The molecule has 1 heterocycles. The van der Waals surface area contributed by atoms with Gasteiger partial charge in [0.2, 0.25) is 0 Å². The SMILES string of the molecule is COC(=O)c1ccc(/C=C/C(=O)OCC(=O)N2c3ccccc3C[C@@H]2C)cc1. The maximum atomic E-state index is 12.5. The molecule has 0 aliphatic carbocycles. The standard InChI is InChI=1S/C22H21NO5/c1-15-13-18-5-3-4-6-19(18)23(15)20(24)14-28-21(25)12-9-16-7-10-17(11-8-16)22(26)27-2/h3-12,15H,13-14H2,1-2H3/b12-9+/t15-/m0/s1. The van der Waals surface area contributed by atoms with Gasteiger partial charge < -0.3 is 14.4 Å². The van der Waals surface area contributed by atoms with Crippen LogP contribution in [0.3, 0.4) is 0 Å². The van der Waals surface area contributed by atoms with Crippen molar-refractivity contribution in [2.45, 2.75) is 19.4 Å². The topological polar surface area (TPSA) is 72.9 Å². The lowest BCUT2D eigenvalue weighted by molar-refractivity contribution is -0.143. The van der Waals surface area contributed by atoms with Gasteiger partial charge in [0.05, 0.1) is 12.7 Å². The van der Waals surface area contributed by atoms with Gasteiger partial charge >= 0.3 is 11.9 Å². The first kappa shape index (κ1) is 19.4. The van der Waals surface area contributed by atoms with Crippen LogP contribution in [-0.2, 0) is 25.5 Å². The Labute approximate surface area is 163 Å². The maximum Gasteiger partial charge on any atom is 0.337 e.